The van der Waals surface area contributed by atoms with E-state index in [1.165, 1.54) is 6.07 Å². The largest absolute Gasteiger partial charge is 0.369 e. The maximum atomic E-state index is 13.5. The van der Waals surface area contributed by atoms with E-state index in [-0.39, 0.29) is 35.8 Å². The molecule has 3 rings (SSSR count). The maximum Gasteiger partial charge on any atom is 0.191 e. The van der Waals surface area contributed by atoms with Gasteiger partial charge < -0.3 is 15.5 Å². The Morgan fingerprint density at radius 2 is 2.30 bits per heavy atom. The second-order valence-electron chi connectivity index (χ2n) is 6.42. The molecule has 2 N–H and O–H groups in total. The summed E-state index contributed by atoms with van der Waals surface area (Å²) < 4.78 is 13.5. The number of guanidine groups is 1. The van der Waals surface area contributed by atoms with Crippen LogP contribution in [0.1, 0.15) is 30.5 Å². The number of aliphatic imine (C=N–C) groups is 1. The van der Waals surface area contributed by atoms with E-state index in [1.54, 1.807) is 30.5 Å². The third-order valence-electron chi connectivity index (χ3n) is 4.50. The van der Waals surface area contributed by atoms with Crippen molar-refractivity contribution in [2.24, 2.45) is 4.99 Å². The van der Waals surface area contributed by atoms with Crippen LogP contribution in [-0.2, 0) is 13.0 Å². The van der Waals surface area contributed by atoms with Gasteiger partial charge in [0.2, 0.25) is 0 Å². The number of rotatable bonds is 5. The van der Waals surface area contributed by atoms with Crippen molar-refractivity contribution in [2.75, 3.05) is 25.0 Å². The molecule has 148 valence electrons. The van der Waals surface area contributed by atoms with Crippen molar-refractivity contribution < 1.29 is 4.39 Å². The number of benzene rings is 1. The molecule has 1 aliphatic heterocycles. The van der Waals surface area contributed by atoms with Crippen LogP contribution in [-0.4, -0.2) is 37.1 Å². The van der Waals surface area contributed by atoms with E-state index in [9.17, 15) is 4.39 Å². The van der Waals surface area contributed by atoms with Crippen LogP contribution in [0.3, 0.4) is 0 Å². The van der Waals surface area contributed by atoms with Crippen LogP contribution in [0, 0.1) is 5.82 Å². The SMILES string of the molecule is CCc1nc(CNC(=NC)NC2CCCN(c3cccc(F)c3)C2)cs1.I. The summed E-state index contributed by atoms with van der Waals surface area (Å²) in [5.74, 6) is 0.590. The molecule has 1 aliphatic rings. The number of hydrogen-bond donors (Lipinski definition) is 2. The van der Waals surface area contributed by atoms with Gasteiger partial charge in [0.25, 0.3) is 0 Å². The first-order chi connectivity index (χ1) is 12.7. The average molecular weight is 503 g/mol. The Balaban J connectivity index is 0.00000261. The topological polar surface area (TPSA) is 52.6 Å². The molecular weight excluding hydrogens is 476 g/mol. The number of hydrogen-bond acceptors (Lipinski definition) is 4. The molecule has 0 spiro atoms. The molecule has 2 aromatic rings. The lowest BCUT2D eigenvalue weighted by atomic mass is 10.0. The van der Waals surface area contributed by atoms with Crippen LogP contribution < -0.4 is 15.5 Å². The zero-order chi connectivity index (χ0) is 18.4. The number of aryl methyl sites for hydroxylation is 1. The number of nitrogens with zero attached hydrogens (tertiary/aromatic N) is 3. The molecule has 5 nitrogen and oxygen atoms in total. The number of anilines is 1. The number of aromatic nitrogens is 1. The Bertz CT molecular complexity index is 751. The third kappa shape index (κ3) is 6.31. The molecule has 1 saturated heterocycles. The summed E-state index contributed by atoms with van der Waals surface area (Å²) in [5, 5.41) is 10.1. The van der Waals surface area contributed by atoms with E-state index < -0.39 is 0 Å². The lowest BCUT2D eigenvalue weighted by Gasteiger charge is -2.35. The minimum absolute atomic E-state index is 0. The fourth-order valence-corrected chi connectivity index (χ4v) is 3.90. The van der Waals surface area contributed by atoms with Crippen molar-refractivity contribution in [3.63, 3.8) is 0 Å². The van der Waals surface area contributed by atoms with E-state index >= 15 is 0 Å². The second kappa shape index (κ2) is 10.8. The molecule has 0 bridgehead atoms. The highest BCUT2D eigenvalue weighted by Crippen LogP contribution is 2.20. The number of thiazole rings is 1. The van der Waals surface area contributed by atoms with Crippen LogP contribution >= 0.6 is 35.3 Å². The highest BCUT2D eigenvalue weighted by atomic mass is 127. The summed E-state index contributed by atoms with van der Waals surface area (Å²) in [6.45, 7) is 4.56. The van der Waals surface area contributed by atoms with E-state index in [4.69, 9.17) is 0 Å². The van der Waals surface area contributed by atoms with Gasteiger partial charge in [0.15, 0.2) is 5.96 Å². The van der Waals surface area contributed by atoms with Crippen LogP contribution in [0.5, 0.6) is 0 Å². The zero-order valence-corrected chi connectivity index (χ0v) is 18.9. The summed E-state index contributed by atoms with van der Waals surface area (Å²) in [6, 6.07) is 7.09. The predicted octanol–water partition coefficient (Wildman–Crippen LogP) is 3.80. The molecule has 0 amide bonds. The van der Waals surface area contributed by atoms with Crippen LogP contribution in [0.15, 0.2) is 34.6 Å². The minimum Gasteiger partial charge on any atom is -0.369 e. The molecule has 8 heteroatoms. The Hall–Kier alpha value is -1.42. The van der Waals surface area contributed by atoms with Crippen LogP contribution in [0.25, 0.3) is 0 Å². The molecule has 0 saturated carbocycles. The molecular formula is C19H27FIN5S. The van der Waals surface area contributed by atoms with E-state index in [0.29, 0.717) is 6.54 Å². The molecule has 27 heavy (non-hydrogen) atoms. The van der Waals surface area contributed by atoms with E-state index in [2.05, 4.69) is 37.8 Å². The lowest BCUT2D eigenvalue weighted by molar-refractivity contribution is 0.467. The van der Waals surface area contributed by atoms with Gasteiger partial charge in [0, 0.05) is 37.2 Å². The van der Waals surface area contributed by atoms with Crippen LogP contribution in [0.2, 0.25) is 0 Å². The molecule has 1 fully saturated rings. The second-order valence-corrected chi connectivity index (χ2v) is 7.36. The number of piperidine rings is 1. The highest BCUT2D eigenvalue weighted by molar-refractivity contribution is 14.0. The van der Waals surface area contributed by atoms with Gasteiger partial charge in [-0.1, -0.05) is 13.0 Å². The summed E-state index contributed by atoms with van der Waals surface area (Å²) in [4.78, 5) is 11.1. The van der Waals surface area contributed by atoms with E-state index in [0.717, 1.165) is 54.7 Å². The Morgan fingerprint density at radius 1 is 1.44 bits per heavy atom. The first kappa shape index (κ1) is 21.9. The van der Waals surface area contributed by atoms with Gasteiger partial charge in [-0.15, -0.1) is 35.3 Å². The molecule has 2 heterocycles. The summed E-state index contributed by atoms with van der Waals surface area (Å²) in [5.41, 5.74) is 1.98. The molecule has 0 radical (unpaired) electrons. The fraction of sp³-hybridized carbons (Fsp3) is 0.474. The van der Waals surface area contributed by atoms with E-state index in [1.807, 2.05) is 6.07 Å². The monoisotopic (exact) mass is 503 g/mol. The highest BCUT2D eigenvalue weighted by Gasteiger charge is 2.21. The Labute approximate surface area is 181 Å². The summed E-state index contributed by atoms with van der Waals surface area (Å²) >= 11 is 1.69. The zero-order valence-electron chi connectivity index (χ0n) is 15.7. The minimum atomic E-state index is -0.190. The first-order valence-corrected chi connectivity index (χ1v) is 9.97. The van der Waals surface area contributed by atoms with Gasteiger partial charge in [-0.05, 0) is 37.5 Å². The predicted molar refractivity (Wildman–Crippen MR) is 122 cm³/mol. The van der Waals surface area contributed by atoms with Gasteiger partial charge in [-0.2, -0.15) is 0 Å². The Morgan fingerprint density at radius 3 is 3.00 bits per heavy atom. The number of halogens is 2. The van der Waals surface area contributed by atoms with Gasteiger partial charge >= 0.3 is 0 Å². The summed E-state index contributed by atoms with van der Waals surface area (Å²) in [7, 11) is 1.78. The molecule has 1 unspecified atom stereocenters. The van der Waals surface area contributed by atoms with Crippen LogP contribution in [0.4, 0.5) is 10.1 Å². The maximum absolute atomic E-state index is 13.5. The lowest BCUT2D eigenvalue weighted by Crippen LogP contribution is -2.51. The molecule has 1 aromatic carbocycles. The van der Waals surface area contributed by atoms with Crippen molar-refractivity contribution in [3.8, 4) is 0 Å². The average Bonchev–Trinajstić information content (AvgIpc) is 3.13. The van der Waals surface area contributed by atoms with Gasteiger partial charge in [0.05, 0.1) is 17.2 Å². The van der Waals surface area contributed by atoms with Gasteiger partial charge in [0.1, 0.15) is 5.82 Å². The molecule has 1 atom stereocenters. The van der Waals surface area contributed by atoms with Gasteiger partial charge in [-0.25, -0.2) is 9.37 Å². The van der Waals surface area contributed by atoms with Crippen molar-refractivity contribution in [2.45, 2.75) is 38.8 Å². The third-order valence-corrected chi connectivity index (χ3v) is 5.54. The van der Waals surface area contributed by atoms with Crippen molar-refractivity contribution in [3.05, 3.63) is 46.2 Å². The van der Waals surface area contributed by atoms with Crippen molar-refractivity contribution in [1.82, 2.24) is 15.6 Å². The van der Waals surface area contributed by atoms with Crippen molar-refractivity contribution in [1.29, 1.82) is 0 Å². The molecule has 0 aliphatic carbocycles. The first-order valence-electron chi connectivity index (χ1n) is 9.09. The standard InChI is InChI=1S/C19H26FN5S.HI/c1-3-18-23-16(13-26-18)11-22-19(21-2)24-15-7-5-9-25(12-15)17-8-4-6-14(20)10-17;/h4,6,8,10,13,15H,3,5,7,9,11-12H2,1-2H3,(H2,21,22,24);1H. The quantitative estimate of drug-likeness (QED) is 0.371. The number of nitrogens with one attached hydrogen (secondary N) is 2. The normalized spacial score (nSPS) is 17.4. The summed E-state index contributed by atoms with van der Waals surface area (Å²) in [6.07, 6.45) is 3.11. The van der Waals surface area contributed by atoms with Crippen molar-refractivity contribution >= 4 is 47.0 Å². The van der Waals surface area contributed by atoms with Gasteiger partial charge in [-0.3, -0.25) is 4.99 Å². The Kier molecular flexibility index (Phi) is 8.75. The molecule has 1 aromatic heterocycles. The fourth-order valence-electron chi connectivity index (χ4n) is 3.16. The smallest absolute Gasteiger partial charge is 0.191 e.